The third-order valence-corrected chi connectivity index (χ3v) is 5.38. The second-order valence-corrected chi connectivity index (χ2v) is 7.45. The zero-order valence-electron chi connectivity index (χ0n) is 18.4. The summed E-state index contributed by atoms with van der Waals surface area (Å²) in [5.74, 6) is 0. The van der Waals surface area contributed by atoms with E-state index in [0.29, 0.717) is 0 Å². The maximum atomic E-state index is 9.99. The molecule has 0 saturated heterocycles. The number of rotatable bonds is 3. The predicted molar refractivity (Wildman–Crippen MR) is 141 cm³/mol. The van der Waals surface area contributed by atoms with Crippen LogP contribution in [0.15, 0.2) is 115 Å². The molecule has 1 aliphatic carbocycles. The quantitative estimate of drug-likeness (QED) is 0.219. The van der Waals surface area contributed by atoms with Crippen molar-refractivity contribution in [2.45, 2.75) is 19.4 Å². The summed E-state index contributed by atoms with van der Waals surface area (Å²) in [4.78, 5) is 0. The fourth-order valence-corrected chi connectivity index (χ4v) is 3.69. The molecule has 0 spiro atoms. The van der Waals surface area contributed by atoms with Crippen LogP contribution < -0.4 is 0 Å². The van der Waals surface area contributed by atoms with Crippen LogP contribution in [0.25, 0.3) is 16.3 Å². The van der Waals surface area contributed by atoms with E-state index in [1.54, 1.807) is 0 Å². The maximum Gasteiger partial charge on any atom is 0.104 e. The molecule has 0 radical (unpaired) electrons. The molecule has 168 valence electrons. The normalized spacial score (nSPS) is 11.7. The molecule has 0 heterocycles. The van der Waals surface area contributed by atoms with Crippen molar-refractivity contribution < 1.29 is 26.8 Å². The van der Waals surface area contributed by atoms with E-state index >= 15 is 0 Å². The first kappa shape index (κ1) is 28.9. The molecule has 1 nitrogen and oxygen atoms in total. The average molecular weight is 510 g/mol. The molecule has 4 heteroatoms. The van der Waals surface area contributed by atoms with E-state index in [9.17, 15) is 5.11 Å². The standard InChI is InChI=1S/C16H13.C13H12O.2ClH.Ti/c1-12-5-4-8-16(12)15-10-9-13-6-2-3-7-14(13)11-15;14-13(11-7-3-1-4-8-11)12-9-5-2-6-10-12;;;/h2-7,9-10H,8H2,1H3;1-10,13-14H;2*1H;/q-1;;;;. The molecule has 0 unspecified atom stereocenters. The van der Waals surface area contributed by atoms with Gasteiger partial charge in [0.1, 0.15) is 6.10 Å². The second kappa shape index (κ2) is 14.2. The minimum atomic E-state index is -0.516. The van der Waals surface area contributed by atoms with Crippen LogP contribution >= 0.6 is 24.8 Å². The van der Waals surface area contributed by atoms with Gasteiger partial charge in [-0.05, 0) is 24.5 Å². The molecule has 1 N–H and O–H groups in total. The van der Waals surface area contributed by atoms with E-state index in [2.05, 4.69) is 61.5 Å². The summed E-state index contributed by atoms with van der Waals surface area (Å²) < 4.78 is 0. The number of benzene rings is 4. The number of aliphatic hydroxyl groups excluding tert-OH is 1. The molecule has 0 aliphatic heterocycles. The molecule has 5 rings (SSSR count). The van der Waals surface area contributed by atoms with Crippen LogP contribution in [0.1, 0.15) is 36.1 Å². The zero-order chi connectivity index (χ0) is 20.8. The summed E-state index contributed by atoms with van der Waals surface area (Å²) in [6.45, 7) is 2.17. The van der Waals surface area contributed by atoms with E-state index in [1.165, 1.54) is 27.5 Å². The smallest absolute Gasteiger partial charge is 0.104 e. The molecule has 4 aromatic carbocycles. The van der Waals surface area contributed by atoms with Gasteiger partial charge in [0.2, 0.25) is 0 Å². The molecule has 0 fully saturated rings. The Bertz CT molecular complexity index is 1150. The average Bonchev–Trinajstić information content (AvgIpc) is 3.25. The number of aliphatic hydroxyl groups is 1. The van der Waals surface area contributed by atoms with Gasteiger partial charge in [0, 0.05) is 21.7 Å². The van der Waals surface area contributed by atoms with Gasteiger partial charge < -0.3 is 5.11 Å². The third kappa shape index (κ3) is 7.44. The van der Waals surface area contributed by atoms with Crippen molar-refractivity contribution in [1.82, 2.24) is 0 Å². The van der Waals surface area contributed by atoms with Gasteiger partial charge in [0.15, 0.2) is 0 Å². The SMILES string of the molecule is CC1=C(c2[c-]c3ccccc3cc2)CC=C1.Cl.Cl.OC(c1ccccc1)c1ccccc1.[Ti]. The number of hydrogen-bond acceptors (Lipinski definition) is 1. The van der Waals surface area contributed by atoms with Crippen molar-refractivity contribution in [2.75, 3.05) is 0 Å². The first-order valence-electron chi connectivity index (χ1n) is 10.3. The Hall–Kier alpha value is -2.13. The molecule has 0 aromatic heterocycles. The van der Waals surface area contributed by atoms with Crippen LogP contribution in [0.3, 0.4) is 0 Å². The molecule has 0 amide bonds. The summed E-state index contributed by atoms with van der Waals surface area (Å²) in [6.07, 6.45) is 4.93. The van der Waals surface area contributed by atoms with Gasteiger partial charge >= 0.3 is 0 Å². The van der Waals surface area contributed by atoms with Crippen LogP contribution in [0.2, 0.25) is 0 Å². The molecule has 0 saturated carbocycles. The van der Waals surface area contributed by atoms with Gasteiger partial charge in [0.25, 0.3) is 0 Å². The van der Waals surface area contributed by atoms with E-state index < -0.39 is 6.10 Å². The van der Waals surface area contributed by atoms with Crippen LogP contribution in [0.5, 0.6) is 0 Å². The predicted octanol–water partition coefficient (Wildman–Crippen LogP) is 7.98. The van der Waals surface area contributed by atoms with Gasteiger partial charge in [-0.3, -0.25) is 0 Å². The third-order valence-electron chi connectivity index (χ3n) is 5.38. The first-order valence-corrected chi connectivity index (χ1v) is 10.3. The van der Waals surface area contributed by atoms with Crippen LogP contribution in [0.4, 0.5) is 0 Å². The largest absolute Gasteiger partial charge is 0.384 e. The molecular weight excluding hydrogens is 483 g/mol. The Labute approximate surface area is 224 Å². The van der Waals surface area contributed by atoms with Gasteiger partial charge in [0.05, 0.1) is 0 Å². The molecular formula is C29H27Cl2OTi-. The summed E-state index contributed by atoms with van der Waals surface area (Å²) in [7, 11) is 0. The summed E-state index contributed by atoms with van der Waals surface area (Å²) in [5.41, 5.74) is 5.87. The van der Waals surface area contributed by atoms with Gasteiger partial charge in [-0.15, -0.1) is 60.0 Å². The van der Waals surface area contributed by atoms with Gasteiger partial charge in [-0.1, -0.05) is 108 Å². The van der Waals surface area contributed by atoms with E-state index in [-0.39, 0.29) is 46.5 Å². The fourth-order valence-electron chi connectivity index (χ4n) is 3.69. The van der Waals surface area contributed by atoms with Crippen LogP contribution in [-0.2, 0) is 21.7 Å². The Balaban J connectivity index is 0.000000305. The van der Waals surface area contributed by atoms with Crippen molar-refractivity contribution in [1.29, 1.82) is 0 Å². The molecule has 1 aliphatic rings. The van der Waals surface area contributed by atoms with E-state index in [1.807, 2.05) is 60.7 Å². The number of hydrogen-bond donors (Lipinski definition) is 1. The van der Waals surface area contributed by atoms with Crippen molar-refractivity contribution in [3.05, 3.63) is 138 Å². The minimum absolute atomic E-state index is 0. The molecule has 33 heavy (non-hydrogen) atoms. The number of halogens is 2. The summed E-state index contributed by atoms with van der Waals surface area (Å²) in [5, 5.41) is 12.5. The Morgan fingerprint density at radius 3 is 1.82 bits per heavy atom. The number of fused-ring (bicyclic) bond motifs is 1. The second-order valence-electron chi connectivity index (χ2n) is 7.45. The Morgan fingerprint density at radius 2 is 1.27 bits per heavy atom. The monoisotopic (exact) mass is 509 g/mol. The zero-order valence-corrected chi connectivity index (χ0v) is 21.6. The van der Waals surface area contributed by atoms with Crippen molar-refractivity contribution in [3.8, 4) is 0 Å². The Kier molecular flexibility index (Phi) is 12.4. The topological polar surface area (TPSA) is 20.2 Å². The van der Waals surface area contributed by atoms with Crippen molar-refractivity contribution in [2.24, 2.45) is 0 Å². The van der Waals surface area contributed by atoms with Crippen molar-refractivity contribution >= 4 is 41.2 Å². The molecule has 0 bridgehead atoms. The van der Waals surface area contributed by atoms with Crippen molar-refractivity contribution in [3.63, 3.8) is 0 Å². The Morgan fingerprint density at radius 1 is 0.727 bits per heavy atom. The maximum absolute atomic E-state index is 9.99. The molecule has 4 aromatic rings. The fraction of sp³-hybridized carbons (Fsp3) is 0.103. The van der Waals surface area contributed by atoms with E-state index in [4.69, 9.17) is 0 Å². The van der Waals surface area contributed by atoms with Crippen LogP contribution in [0, 0.1) is 6.07 Å². The first-order chi connectivity index (χ1) is 14.7. The summed E-state index contributed by atoms with van der Waals surface area (Å²) in [6, 6.07) is 35.6. The summed E-state index contributed by atoms with van der Waals surface area (Å²) >= 11 is 0. The minimum Gasteiger partial charge on any atom is -0.384 e. The van der Waals surface area contributed by atoms with E-state index in [0.717, 1.165) is 17.5 Å². The van der Waals surface area contributed by atoms with Crippen LogP contribution in [-0.4, -0.2) is 5.11 Å². The van der Waals surface area contributed by atoms with Gasteiger partial charge in [-0.2, -0.15) is 0 Å². The van der Waals surface area contributed by atoms with Gasteiger partial charge in [-0.25, -0.2) is 0 Å². The number of allylic oxidation sites excluding steroid dienone is 4. The molecule has 0 atom stereocenters.